The van der Waals surface area contributed by atoms with E-state index in [-0.39, 0.29) is 5.22 Å². The Labute approximate surface area is 142 Å². The highest BCUT2D eigenvalue weighted by Gasteiger charge is 2.58. The normalized spacial score (nSPS) is 22.8. The summed E-state index contributed by atoms with van der Waals surface area (Å²) in [4.78, 5) is 9.60. The topological polar surface area (TPSA) is 80.0 Å². The second-order valence-corrected chi connectivity index (χ2v) is 8.85. The van der Waals surface area contributed by atoms with Gasteiger partial charge in [-0.05, 0) is 46.6 Å². The number of primary amides is 1. The predicted molar refractivity (Wildman–Crippen MR) is 93.5 cm³/mol. The molecule has 1 unspecified atom stereocenters. The van der Waals surface area contributed by atoms with E-state index in [2.05, 4.69) is 38.2 Å². The van der Waals surface area contributed by atoms with Gasteiger partial charge in [-0.15, -0.1) is 0 Å². The molecule has 0 aromatic carbocycles. The van der Waals surface area contributed by atoms with Gasteiger partial charge in [-0.2, -0.15) is 0 Å². The van der Waals surface area contributed by atoms with Gasteiger partial charge in [0.2, 0.25) is 0 Å². The summed E-state index contributed by atoms with van der Waals surface area (Å²) in [6, 6.07) is 1.09. The van der Waals surface area contributed by atoms with E-state index < -0.39 is 14.7 Å². The van der Waals surface area contributed by atoms with Crippen LogP contribution in [0.1, 0.15) is 60.3 Å². The third-order valence-electron chi connectivity index (χ3n) is 4.06. The molecule has 2 N–H and O–H groups in total. The highest BCUT2D eigenvalue weighted by molar-refractivity contribution is 6.70. The maximum absolute atomic E-state index is 9.60. The summed E-state index contributed by atoms with van der Waals surface area (Å²) in [5, 5.41) is -0.119. The standard InChI is InChI=1S/C13H28O3Si.C3H7NO2/c1-5-13(14-6-2)11-9-10-12-17(13,15-7-3)16-8-4;1-2-6-3(4)5/h5-12H2,1-4H3;2H2,1H3,(H2,4,5). The Bertz CT molecular complexity index is 314. The van der Waals surface area contributed by atoms with Crippen molar-refractivity contribution in [1.29, 1.82) is 0 Å². The summed E-state index contributed by atoms with van der Waals surface area (Å²) in [6.07, 6.45) is 3.86. The molecule has 0 spiro atoms. The summed E-state index contributed by atoms with van der Waals surface area (Å²) < 4.78 is 22.7. The van der Waals surface area contributed by atoms with E-state index in [1.165, 1.54) is 12.8 Å². The number of ether oxygens (including phenoxy) is 2. The van der Waals surface area contributed by atoms with Gasteiger partial charge >= 0.3 is 14.7 Å². The van der Waals surface area contributed by atoms with Gasteiger partial charge in [-0.25, -0.2) is 4.79 Å². The van der Waals surface area contributed by atoms with E-state index in [9.17, 15) is 4.79 Å². The molecule has 1 fully saturated rings. The van der Waals surface area contributed by atoms with Crippen molar-refractivity contribution in [2.24, 2.45) is 5.73 Å². The van der Waals surface area contributed by atoms with Crippen molar-refractivity contribution in [3.8, 4) is 0 Å². The quantitative estimate of drug-likeness (QED) is 0.678. The van der Waals surface area contributed by atoms with Crippen LogP contribution in [0.4, 0.5) is 4.79 Å². The molecule has 1 rings (SSSR count). The number of carbonyl (C=O) groups excluding carboxylic acids is 1. The Morgan fingerprint density at radius 2 is 1.61 bits per heavy atom. The molecular weight excluding hydrogens is 314 g/mol. The van der Waals surface area contributed by atoms with Gasteiger partial charge in [0.05, 0.1) is 6.61 Å². The van der Waals surface area contributed by atoms with Gasteiger partial charge in [-0.1, -0.05) is 19.8 Å². The molecule has 23 heavy (non-hydrogen) atoms. The van der Waals surface area contributed by atoms with Crippen LogP contribution in [0.15, 0.2) is 0 Å². The fourth-order valence-corrected chi connectivity index (χ4v) is 7.71. The van der Waals surface area contributed by atoms with Crippen LogP contribution in [0.5, 0.6) is 0 Å². The van der Waals surface area contributed by atoms with Gasteiger partial charge < -0.3 is 24.1 Å². The van der Waals surface area contributed by atoms with Gasteiger partial charge in [0, 0.05) is 19.8 Å². The average Bonchev–Trinajstić information content (AvgIpc) is 2.51. The largest absolute Gasteiger partial charge is 0.450 e. The summed E-state index contributed by atoms with van der Waals surface area (Å²) in [5.41, 5.74) is 4.54. The summed E-state index contributed by atoms with van der Waals surface area (Å²) in [7, 11) is -2.21. The molecular formula is C16H35NO5Si. The number of hydrogen-bond donors (Lipinski definition) is 1. The Balaban J connectivity index is 0.000000688. The molecule has 0 bridgehead atoms. The number of carbonyl (C=O) groups is 1. The number of rotatable bonds is 8. The van der Waals surface area contributed by atoms with Crippen LogP contribution in [0.25, 0.3) is 0 Å². The molecule has 1 aliphatic heterocycles. The summed E-state index contributed by atoms with van der Waals surface area (Å²) in [6.45, 7) is 12.7. The average molecular weight is 350 g/mol. The Morgan fingerprint density at radius 1 is 1.00 bits per heavy atom. The zero-order valence-electron chi connectivity index (χ0n) is 15.5. The van der Waals surface area contributed by atoms with Crippen molar-refractivity contribution in [2.45, 2.75) is 71.6 Å². The van der Waals surface area contributed by atoms with Crippen molar-refractivity contribution in [3.05, 3.63) is 0 Å². The van der Waals surface area contributed by atoms with Crippen LogP contribution in [0.3, 0.4) is 0 Å². The number of amides is 1. The Kier molecular flexibility index (Phi) is 11.5. The smallest absolute Gasteiger partial charge is 0.404 e. The van der Waals surface area contributed by atoms with Gasteiger partial charge in [0.1, 0.15) is 5.22 Å². The molecule has 1 aliphatic rings. The lowest BCUT2D eigenvalue weighted by atomic mass is 10.1. The predicted octanol–water partition coefficient (Wildman–Crippen LogP) is 3.51. The molecule has 6 nitrogen and oxygen atoms in total. The van der Waals surface area contributed by atoms with Crippen LogP contribution < -0.4 is 5.73 Å². The van der Waals surface area contributed by atoms with Crippen molar-refractivity contribution in [1.82, 2.24) is 0 Å². The van der Waals surface area contributed by atoms with Crippen LogP contribution in [0.2, 0.25) is 6.04 Å². The number of nitrogens with two attached hydrogens (primary N) is 1. The van der Waals surface area contributed by atoms with E-state index in [0.29, 0.717) is 6.61 Å². The molecule has 138 valence electrons. The summed E-state index contributed by atoms with van der Waals surface area (Å²) in [5.74, 6) is 0. The van der Waals surface area contributed by atoms with Crippen LogP contribution in [-0.2, 0) is 18.3 Å². The van der Waals surface area contributed by atoms with Gasteiger partial charge in [0.25, 0.3) is 0 Å². The van der Waals surface area contributed by atoms with E-state index in [4.69, 9.17) is 13.6 Å². The van der Waals surface area contributed by atoms with E-state index in [0.717, 1.165) is 38.7 Å². The SMILES string of the molecule is CCOC(N)=O.CCOC1(CC)CCCC[Si]1(OCC)OCC. The molecule has 1 amide bonds. The van der Waals surface area contributed by atoms with Gasteiger partial charge in [-0.3, -0.25) is 0 Å². The molecule has 1 atom stereocenters. The Hall–Kier alpha value is -0.633. The lowest BCUT2D eigenvalue weighted by Gasteiger charge is -2.49. The van der Waals surface area contributed by atoms with Crippen molar-refractivity contribution < 1.29 is 23.1 Å². The first-order valence-electron chi connectivity index (χ1n) is 8.81. The Morgan fingerprint density at radius 3 is 1.96 bits per heavy atom. The van der Waals surface area contributed by atoms with E-state index >= 15 is 0 Å². The van der Waals surface area contributed by atoms with Crippen LogP contribution >= 0.6 is 0 Å². The monoisotopic (exact) mass is 349 g/mol. The minimum Gasteiger partial charge on any atom is -0.450 e. The first-order valence-corrected chi connectivity index (χ1v) is 10.8. The third kappa shape index (κ3) is 6.41. The fraction of sp³-hybridized carbons (Fsp3) is 0.938. The molecule has 1 heterocycles. The molecule has 0 aromatic rings. The molecule has 7 heteroatoms. The first-order chi connectivity index (χ1) is 11.0. The lowest BCUT2D eigenvalue weighted by Crippen LogP contribution is -2.65. The molecule has 0 aromatic heterocycles. The summed E-state index contributed by atoms with van der Waals surface area (Å²) >= 11 is 0. The second-order valence-electron chi connectivity index (χ2n) is 5.36. The second kappa shape index (κ2) is 11.8. The van der Waals surface area contributed by atoms with E-state index in [1.54, 1.807) is 6.92 Å². The van der Waals surface area contributed by atoms with Gasteiger partial charge in [0.15, 0.2) is 0 Å². The maximum Gasteiger partial charge on any atom is 0.404 e. The molecule has 0 saturated carbocycles. The van der Waals surface area contributed by atoms with Crippen molar-refractivity contribution in [2.75, 3.05) is 26.4 Å². The maximum atomic E-state index is 9.60. The van der Waals surface area contributed by atoms with Crippen molar-refractivity contribution >= 4 is 14.7 Å². The lowest BCUT2D eigenvalue weighted by molar-refractivity contribution is -0.0426. The van der Waals surface area contributed by atoms with Crippen LogP contribution in [-0.4, -0.2) is 46.3 Å². The molecule has 0 aliphatic carbocycles. The highest BCUT2D eigenvalue weighted by atomic mass is 28.4. The van der Waals surface area contributed by atoms with Crippen LogP contribution in [0, 0.1) is 0 Å². The zero-order valence-corrected chi connectivity index (χ0v) is 16.5. The molecule has 1 saturated heterocycles. The highest BCUT2D eigenvalue weighted by Crippen LogP contribution is 2.42. The van der Waals surface area contributed by atoms with Crippen molar-refractivity contribution in [3.63, 3.8) is 0 Å². The van der Waals surface area contributed by atoms with E-state index in [1.807, 2.05) is 0 Å². The molecule has 0 radical (unpaired) electrons. The zero-order chi connectivity index (χ0) is 17.8. The fourth-order valence-electron chi connectivity index (χ4n) is 3.25. The first kappa shape index (κ1) is 22.4. The minimum absolute atomic E-state index is 0.119. The third-order valence-corrected chi connectivity index (χ3v) is 8.72. The minimum atomic E-state index is -2.21. The number of hydrogen-bond acceptors (Lipinski definition) is 5.